The maximum atomic E-state index is 11.9. The number of carbonyl (C=O) groups is 1. The van der Waals surface area contributed by atoms with Gasteiger partial charge in [0, 0.05) is 23.4 Å². The zero-order valence-corrected chi connectivity index (χ0v) is 12.2. The SMILES string of the molecule is CCOC(=O)c1cnc(Cc2cccs2)nc1C1CC1. The van der Waals surface area contributed by atoms with Crippen LogP contribution in [0.15, 0.2) is 23.7 Å². The molecule has 2 heterocycles. The van der Waals surface area contributed by atoms with Crippen LogP contribution in [0.2, 0.25) is 0 Å². The van der Waals surface area contributed by atoms with Gasteiger partial charge in [0.05, 0.1) is 17.9 Å². The lowest BCUT2D eigenvalue weighted by Crippen LogP contribution is -2.12. The van der Waals surface area contributed by atoms with Gasteiger partial charge >= 0.3 is 5.97 Å². The number of aromatic nitrogens is 2. The van der Waals surface area contributed by atoms with Crippen LogP contribution >= 0.6 is 11.3 Å². The van der Waals surface area contributed by atoms with E-state index in [4.69, 9.17) is 4.74 Å². The average molecular weight is 288 g/mol. The van der Waals surface area contributed by atoms with E-state index in [2.05, 4.69) is 16.0 Å². The minimum atomic E-state index is -0.308. The third kappa shape index (κ3) is 2.88. The van der Waals surface area contributed by atoms with Gasteiger partial charge in [0.25, 0.3) is 0 Å². The predicted molar refractivity (Wildman–Crippen MR) is 77.1 cm³/mol. The summed E-state index contributed by atoms with van der Waals surface area (Å²) >= 11 is 1.69. The second kappa shape index (κ2) is 5.71. The first-order valence-corrected chi connectivity index (χ1v) is 7.71. The van der Waals surface area contributed by atoms with Crippen LogP contribution < -0.4 is 0 Å². The molecule has 20 heavy (non-hydrogen) atoms. The monoisotopic (exact) mass is 288 g/mol. The van der Waals surface area contributed by atoms with Crippen molar-refractivity contribution in [3.8, 4) is 0 Å². The Bertz CT molecular complexity index is 606. The van der Waals surface area contributed by atoms with Crippen molar-refractivity contribution in [3.05, 3.63) is 45.7 Å². The molecule has 1 aliphatic rings. The molecule has 1 aliphatic carbocycles. The highest BCUT2D eigenvalue weighted by Gasteiger charge is 2.30. The molecule has 3 rings (SSSR count). The predicted octanol–water partition coefficient (Wildman–Crippen LogP) is 3.18. The van der Waals surface area contributed by atoms with Crippen molar-refractivity contribution in [2.24, 2.45) is 0 Å². The number of ether oxygens (including phenoxy) is 1. The van der Waals surface area contributed by atoms with E-state index in [1.807, 2.05) is 11.4 Å². The third-order valence-corrected chi connectivity index (χ3v) is 4.12. The molecule has 0 N–H and O–H groups in total. The minimum absolute atomic E-state index is 0.308. The van der Waals surface area contributed by atoms with Gasteiger partial charge in [-0.05, 0) is 31.2 Å². The molecular formula is C15H16N2O2S. The summed E-state index contributed by atoms with van der Waals surface area (Å²) in [5.74, 6) is 0.874. The molecule has 0 saturated heterocycles. The zero-order valence-electron chi connectivity index (χ0n) is 11.3. The molecule has 0 aliphatic heterocycles. The molecule has 0 aromatic carbocycles. The molecular weight excluding hydrogens is 272 g/mol. The molecule has 0 spiro atoms. The van der Waals surface area contributed by atoms with Crippen LogP contribution in [-0.2, 0) is 11.2 Å². The highest BCUT2D eigenvalue weighted by atomic mass is 32.1. The maximum Gasteiger partial charge on any atom is 0.341 e. The van der Waals surface area contributed by atoms with Gasteiger partial charge in [0.1, 0.15) is 5.82 Å². The number of hydrogen-bond acceptors (Lipinski definition) is 5. The standard InChI is InChI=1S/C15H16N2O2S/c1-2-19-15(18)12-9-16-13(8-11-4-3-7-20-11)17-14(12)10-5-6-10/h3-4,7,9-10H,2,5-6,8H2,1H3. The maximum absolute atomic E-state index is 11.9. The Labute approximate surface area is 121 Å². The number of thiophene rings is 1. The molecule has 2 aromatic heterocycles. The summed E-state index contributed by atoms with van der Waals surface area (Å²) in [6, 6.07) is 4.10. The first-order chi connectivity index (χ1) is 9.78. The van der Waals surface area contributed by atoms with Gasteiger partial charge in [-0.3, -0.25) is 0 Å². The van der Waals surface area contributed by atoms with Crippen LogP contribution in [0.4, 0.5) is 0 Å². The Morgan fingerprint density at radius 1 is 1.50 bits per heavy atom. The van der Waals surface area contributed by atoms with Crippen molar-refractivity contribution in [2.75, 3.05) is 6.61 Å². The van der Waals surface area contributed by atoms with E-state index in [1.54, 1.807) is 24.5 Å². The summed E-state index contributed by atoms with van der Waals surface area (Å²) in [7, 11) is 0. The van der Waals surface area contributed by atoms with Crippen LogP contribution in [0.25, 0.3) is 0 Å². The molecule has 0 amide bonds. The highest BCUT2D eigenvalue weighted by molar-refractivity contribution is 7.09. The van der Waals surface area contributed by atoms with E-state index in [0.29, 0.717) is 18.1 Å². The zero-order chi connectivity index (χ0) is 13.9. The quantitative estimate of drug-likeness (QED) is 0.793. The topological polar surface area (TPSA) is 52.1 Å². The van der Waals surface area contributed by atoms with E-state index in [9.17, 15) is 4.79 Å². The van der Waals surface area contributed by atoms with Gasteiger partial charge in [-0.15, -0.1) is 11.3 Å². The fourth-order valence-corrected chi connectivity index (χ4v) is 2.82. The van der Waals surface area contributed by atoms with E-state index in [1.165, 1.54) is 4.88 Å². The summed E-state index contributed by atoms with van der Waals surface area (Å²) in [4.78, 5) is 22.1. The van der Waals surface area contributed by atoms with Crippen molar-refractivity contribution in [2.45, 2.75) is 32.1 Å². The Kier molecular flexibility index (Phi) is 3.78. The van der Waals surface area contributed by atoms with Crippen LogP contribution in [0.5, 0.6) is 0 Å². The highest BCUT2D eigenvalue weighted by Crippen LogP contribution is 2.40. The number of hydrogen-bond donors (Lipinski definition) is 0. The van der Waals surface area contributed by atoms with E-state index >= 15 is 0 Å². The number of nitrogens with zero attached hydrogens (tertiary/aromatic N) is 2. The molecule has 2 aromatic rings. The normalized spacial score (nSPS) is 14.2. The summed E-state index contributed by atoms with van der Waals surface area (Å²) in [6.07, 6.45) is 4.55. The van der Waals surface area contributed by atoms with Crippen LogP contribution in [0, 0.1) is 0 Å². The molecule has 1 saturated carbocycles. The van der Waals surface area contributed by atoms with Crippen molar-refractivity contribution in [1.29, 1.82) is 0 Å². The molecule has 5 heteroatoms. The van der Waals surface area contributed by atoms with Crippen molar-refractivity contribution in [3.63, 3.8) is 0 Å². The van der Waals surface area contributed by atoms with Crippen molar-refractivity contribution < 1.29 is 9.53 Å². The summed E-state index contributed by atoms with van der Waals surface area (Å²) in [5.41, 5.74) is 1.40. The molecule has 104 valence electrons. The van der Waals surface area contributed by atoms with Crippen LogP contribution in [0.3, 0.4) is 0 Å². The Balaban J connectivity index is 1.87. The second-order valence-electron chi connectivity index (χ2n) is 4.84. The lowest BCUT2D eigenvalue weighted by molar-refractivity contribution is 0.0524. The summed E-state index contributed by atoms with van der Waals surface area (Å²) in [6.45, 7) is 2.18. The second-order valence-corrected chi connectivity index (χ2v) is 5.87. The first kappa shape index (κ1) is 13.2. The van der Waals surface area contributed by atoms with Crippen LogP contribution in [0.1, 0.15) is 52.4 Å². The number of esters is 1. The number of carbonyl (C=O) groups excluding carboxylic acids is 1. The molecule has 0 radical (unpaired) electrons. The first-order valence-electron chi connectivity index (χ1n) is 6.83. The van der Waals surface area contributed by atoms with Gasteiger partial charge in [0.15, 0.2) is 0 Å². The van der Waals surface area contributed by atoms with E-state index in [0.717, 1.165) is 30.8 Å². The minimum Gasteiger partial charge on any atom is -0.462 e. The lowest BCUT2D eigenvalue weighted by atomic mass is 10.1. The van der Waals surface area contributed by atoms with Gasteiger partial charge in [0.2, 0.25) is 0 Å². The molecule has 4 nitrogen and oxygen atoms in total. The average Bonchev–Trinajstić information content (AvgIpc) is 3.18. The Morgan fingerprint density at radius 3 is 3.00 bits per heavy atom. The van der Waals surface area contributed by atoms with E-state index < -0.39 is 0 Å². The van der Waals surface area contributed by atoms with Gasteiger partial charge in [-0.1, -0.05) is 6.07 Å². The lowest BCUT2D eigenvalue weighted by Gasteiger charge is -2.08. The van der Waals surface area contributed by atoms with Crippen molar-refractivity contribution in [1.82, 2.24) is 9.97 Å². The molecule has 1 fully saturated rings. The molecule has 0 unspecified atom stereocenters. The van der Waals surface area contributed by atoms with Crippen LogP contribution in [-0.4, -0.2) is 22.5 Å². The summed E-state index contributed by atoms with van der Waals surface area (Å²) < 4.78 is 5.08. The summed E-state index contributed by atoms with van der Waals surface area (Å²) in [5, 5.41) is 2.05. The van der Waals surface area contributed by atoms with Gasteiger partial charge in [-0.25, -0.2) is 14.8 Å². The van der Waals surface area contributed by atoms with Gasteiger partial charge < -0.3 is 4.74 Å². The van der Waals surface area contributed by atoms with Gasteiger partial charge in [-0.2, -0.15) is 0 Å². The Hall–Kier alpha value is -1.75. The molecule has 0 atom stereocenters. The Morgan fingerprint density at radius 2 is 2.35 bits per heavy atom. The smallest absolute Gasteiger partial charge is 0.341 e. The molecule has 0 bridgehead atoms. The van der Waals surface area contributed by atoms with Crippen molar-refractivity contribution >= 4 is 17.3 Å². The largest absolute Gasteiger partial charge is 0.462 e. The van der Waals surface area contributed by atoms with E-state index in [-0.39, 0.29) is 5.97 Å². The number of rotatable bonds is 5. The fourth-order valence-electron chi connectivity index (χ4n) is 2.12. The fraction of sp³-hybridized carbons (Fsp3) is 0.400. The third-order valence-electron chi connectivity index (χ3n) is 3.24.